The van der Waals surface area contributed by atoms with Gasteiger partial charge >= 0.3 is 0 Å². The molecule has 3 N–H and O–H groups in total. The summed E-state index contributed by atoms with van der Waals surface area (Å²) >= 11 is 0. The average molecular weight is 267 g/mol. The Bertz CT molecular complexity index is 427. The zero-order valence-electron chi connectivity index (χ0n) is 11.9. The van der Waals surface area contributed by atoms with Crippen LogP contribution in [0.1, 0.15) is 26.7 Å². The number of hydrogen-bond donors (Lipinski definition) is 2. The first kappa shape index (κ1) is 15.7. The molecule has 0 saturated heterocycles. The van der Waals surface area contributed by atoms with Crippen molar-refractivity contribution in [3.63, 3.8) is 0 Å². The lowest BCUT2D eigenvalue weighted by Gasteiger charge is -2.29. The smallest absolute Gasteiger partial charge is 0.250 e. The van der Waals surface area contributed by atoms with Gasteiger partial charge in [-0.3, -0.25) is 9.69 Å². The van der Waals surface area contributed by atoms with Crippen LogP contribution in [0.3, 0.4) is 0 Å². The minimum absolute atomic E-state index is 0.0392. The van der Waals surface area contributed by atoms with Crippen molar-refractivity contribution < 1.29 is 5.11 Å². The Morgan fingerprint density at radius 1 is 1.32 bits per heavy atom. The molecule has 19 heavy (non-hydrogen) atoms. The molecule has 0 spiro atoms. The van der Waals surface area contributed by atoms with Crippen molar-refractivity contribution in [1.82, 2.24) is 9.47 Å². The van der Waals surface area contributed by atoms with Crippen LogP contribution < -0.4 is 11.3 Å². The fourth-order valence-corrected chi connectivity index (χ4v) is 2.37. The van der Waals surface area contributed by atoms with E-state index in [2.05, 4.69) is 18.7 Å². The van der Waals surface area contributed by atoms with Crippen LogP contribution in [0.5, 0.6) is 0 Å². The van der Waals surface area contributed by atoms with E-state index < -0.39 is 0 Å². The van der Waals surface area contributed by atoms with Gasteiger partial charge in [0.15, 0.2) is 0 Å². The molecule has 0 radical (unpaired) electrons. The highest BCUT2D eigenvalue weighted by Crippen LogP contribution is 2.08. The second-order valence-corrected chi connectivity index (χ2v) is 4.72. The van der Waals surface area contributed by atoms with Gasteiger partial charge in [-0.15, -0.1) is 0 Å². The number of nitrogens with two attached hydrogens (primary N) is 1. The Hall–Kier alpha value is -1.33. The van der Waals surface area contributed by atoms with Gasteiger partial charge in [-0.25, -0.2) is 0 Å². The molecule has 5 heteroatoms. The molecule has 0 unspecified atom stereocenters. The predicted octanol–water partition coefficient (Wildman–Crippen LogP) is 0.913. The third-order valence-electron chi connectivity index (χ3n) is 3.48. The molecule has 108 valence electrons. The van der Waals surface area contributed by atoms with Crippen LogP contribution in [0, 0.1) is 0 Å². The maximum Gasteiger partial charge on any atom is 0.250 e. The minimum atomic E-state index is -0.0392. The maximum absolute atomic E-state index is 11.7. The number of rotatable bonds is 8. The quantitative estimate of drug-likeness (QED) is 0.734. The highest BCUT2D eigenvalue weighted by Gasteiger charge is 2.14. The van der Waals surface area contributed by atoms with Gasteiger partial charge in [0, 0.05) is 43.6 Å². The molecule has 5 nitrogen and oxygen atoms in total. The van der Waals surface area contributed by atoms with Crippen molar-refractivity contribution in [2.45, 2.75) is 39.3 Å². The summed E-state index contributed by atoms with van der Waals surface area (Å²) in [5.41, 5.74) is 6.25. The predicted molar refractivity (Wildman–Crippen MR) is 78.1 cm³/mol. The molecular weight excluding hydrogens is 242 g/mol. The third-order valence-corrected chi connectivity index (χ3v) is 3.48. The third kappa shape index (κ3) is 4.69. The summed E-state index contributed by atoms with van der Waals surface area (Å²) in [6.45, 7) is 6.42. The molecule has 0 amide bonds. The van der Waals surface area contributed by atoms with Crippen molar-refractivity contribution in [2.24, 2.45) is 0 Å². The van der Waals surface area contributed by atoms with Gasteiger partial charge in [0.25, 0.3) is 5.56 Å². The van der Waals surface area contributed by atoms with Crippen molar-refractivity contribution in [1.29, 1.82) is 0 Å². The van der Waals surface area contributed by atoms with Gasteiger partial charge in [0.2, 0.25) is 0 Å². The maximum atomic E-state index is 11.7. The van der Waals surface area contributed by atoms with Gasteiger partial charge < -0.3 is 15.4 Å². The summed E-state index contributed by atoms with van der Waals surface area (Å²) in [5, 5.41) is 9.14. The zero-order valence-corrected chi connectivity index (χ0v) is 11.9. The monoisotopic (exact) mass is 267 g/mol. The largest absolute Gasteiger partial charge is 0.398 e. The second-order valence-electron chi connectivity index (χ2n) is 4.72. The van der Waals surface area contributed by atoms with E-state index in [0.29, 0.717) is 24.8 Å². The highest BCUT2D eigenvalue weighted by atomic mass is 16.3. The van der Waals surface area contributed by atoms with E-state index >= 15 is 0 Å². The molecule has 0 fully saturated rings. The topological polar surface area (TPSA) is 71.5 Å². The lowest BCUT2D eigenvalue weighted by molar-refractivity contribution is 0.138. The van der Waals surface area contributed by atoms with Crippen LogP contribution in [-0.4, -0.2) is 40.3 Å². The normalized spacial score (nSPS) is 11.4. The Kier molecular flexibility index (Phi) is 6.59. The molecule has 0 aliphatic carbocycles. The Labute approximate surface area is 114 Å². The van der Waals surface area contributed by atoms with Gasteiger partial charge in [-0.2, -0.15) is 0 Å². The molecule has 0 bridgehead atoms. The molecule has 0 aromatic carbocycles. The summed E-state index contributed by atoms with van der Waals surface area (Å²) in [7, 11) is 0. The van der Waals surface area contributed by atoms with Crippen molar-refractivity contribution >= 4 is 5.69 Å². The number of aliphatic hydroxyl groups is 1. The zero-order chi connectivity index (χ0) is 14.3. The summed E-state index contributed by atoms with van der Waals surface area (Å²) in [6, 6.07) is 3.55. The van der Waals surface area contributed by atoms with E-state index in [0.717, 1.165) is 19.4 Å². The number of nitrogens with zero attached hydrogens (tertiary/aromatic N) is 2. The SMILES string of the molecule is CCC(CC)N(CCO)CCn1cc(N)ccc1=O. The van der Waals surface area contributed by atoms with Crippen molar-refractivity contribution in [3.05, 3.63) is 28.7 Å². The summed E-state index contributed by atoms with van der Waals surface area (Å²) < 4.78 is 1.63. The van der Waals surface area contributed by atoms with E-state index in [-0.39, 0.29) is 12.2 Å². The van der Waals surface area contributed by atoms with Gasteiger partial charge in [0.1, 0.15) is 0 Å². The Morgan fingerprint density at radius 2 is 2.00 bits per heavy atom. The molecule has 0 aliphatic rings. The number of anilines is 1. The first-order valence-corrected chi connectivity index (χ1v) is 6.93. The van der Waals surface area contributed by atoms with E-state index in [4.69, 9.17) is 10.8 Å². The van der Waals surface area contributed by atoms with Crippen LogP contribution in [-0.2, 0) is 6.54 Å². The van der Waals surface area contributed by atoms with Crippen LogP contribution >= 0.6 is 0 Å². The van der Waals surface area contributed by atoms with Crippen LogP contribution in [0.25, 0.3) is 0 Å². The highest BCUT2D eigenvalue weighted by molar-refractivity contribution is 5.33. The number of hydrogen-bond acceptors (Lipinski definition) is 4. The fraction of sp³-hybridized carbons (Fsp3) is 0.643. The minimum Gasteiger partial charge on any atom is -0.398 e. The van der Waals surface area contributed by atoms with E-state index in [1.165, 1.54) is 6.07 Å². The molecule has 1 aromatic rings. The van der Waals surface area contributed by atoms with Crippen LogP contribution in [0.4, 0.5) is 5.69 Å². The Morgan fingerprint density at radius 3 is 2.58 bits per heavy atom. The number of nitrogen functional groups attached to an aromatic ring is 1. The first-order chi connectivity index (χ1) is 9.12. The van der Waals surface area contributed by atoms with Gasteiger partial charge in [-0.1, -0.05) is 13.8 Å². The number of aliphatic hydroxyl groups excluding tert-OH is 1. The van der Waals surface area contributed by atoms with Crippen molar-refractivity contribution in [3.8, 4) is 0 Å². The molecule has 1 heterocycles. The summed E-state index contributed by atoms with van der Waals surface area (Å²) in [4.78, 5) is 13.9. The molecule has 0 atom stereocenters. The molecule has 1 aromatic heterocycles. The van der Waals surface area contributed by atoms with E-state index in [1.807, 2.05) is 0 Å². The van der Waals surface area contributed by atoms with Crippen LogP contribution in [0.15, 0.2) is 23.1 Å². The molecular formula is C14H25N3O2. The van der Waals surface area contributed by atoms with Crippen molar-refractivity contribution in [2.75, 3.05) is 25.4 Å². The molecule has 1 rings (SSSR count). The summed E-state index contributed by atoms with van der Waals surface area (Å²) in [6.07, 6.45) is 3.76. The summed E-state index contributed by atoms with van der Waals surface area (Å²) in [5.74, 6) is 0. The fourth-order valence-electron chi connectivity index (χ4n) is 2.37. The second kappa shape index (κ2) is 7.96. The number of pyridine rings is 1. The first-order valence-electron chi connectivity index (χ1n) is 6.93. The van der Waals surface area contributed by atoms with Gasteiger partial charge in [0.05, 0.1) is 6.61 Å². The lowest BCUT2D eigenvalue weighted by Crippen LogP contribution is -2.40. The van der Waals surface area contributed by atoms with E-state index in [9.17, 15) is 4.79 Å². The molecule has 0 saturated carbocycles. The number of aromatic nitrogens is 1. The standard InChI is InChI=1S/C14H25N3O2/c1-3-13(4-2)16(9-10-18)7-8-17-11-12(15)5-6-14(17)19/h5-6,11,13,18H,3-4,7-10,15H2,1-2H3. The molecule has 0 aliphatic heterocycles. The average Bonchev–Trinajstić information content (AvgIpc) is 2.40. The Balaban J connectivity index is 2.70. The van der Waals surface area contributed by atoms with Crippen LogP contribution in [0.2, 0.25) is 0 Å². The van der Waals surface area contributed by atoms with Gasteiger partial charge in [-0.05, 0) is 18.9 Å². The van der Waals surface area contributed by atoms with E-state index in [1.54, 1.807) is 16.8 Å². The lowest BCUT2D eigenvalue weighted by atomic mass is 10.1.